The van der Waals surface area contributed by atoms with E-state index >= 15 is 0 Å². The molecule has 84 valence electrons. The zero-order valence-corrected chi connectivity index (χ0v) is 10.0. The molecule has 1 rings (SSSR count). The molecule has 0 aliphatic rings. The van der Waals surface area contributed by atoms with Gasteiger partial charge in [0.25, 0.3) is 0 Å². The summed E-state index contributed by atoms with van der Waals surface area (Å²) in [4.78, 5) is 0. The lowest BCUT2D eigenvalue weighted by atomic mass is 9.92. The van der Waals surface area contributed by atoms with Crippen LogP contribution in [0.25, 0.3) is 0 Å². The predicted octanol–water partition coefficient (Wildman–Crippen LogP) is 2.27. The average Bonchev–Trinajstić information content (AvgIpc) is 2.22. The average molecular weight is 229 g/mol. The van der Waals surface area contributed by atoms with E-state index in [4.69, 9.17) is 22.2 Å². The van der Waals surface area contributed by atoms with E-state index in [9.17, 15) is 0 Å². The van der Waals surface area contributed by atoms with Gasteiger partial charge in [-0.3, -0.25) is 11.3 Å². The Morgan fingerprint density at radius 2 is 1.87 bits per heavy atom. The molecule has 1 atom stereocenters. The highest BCUT2D eigenvalue weighted by atomic mass is 35.5. The minimum Gasteiger partial charge on any atom is -0.377 e. The molecule has 4 heteroatoms. The van der Waals surface area contributed by atoms with Crippen LogP contribution in [0.1, 0.15) is 25.5 Å². The third-order valence-electron chi connectivity index (χ3n) is 2.59. The number of hydrogen-bond donors (Lipinski definition) is 2. The summed E-state index contributed by atoms with van der Waals surface area (Å²) in [5.74, 6) is 5.54. The van der Waals surface area contributed by atoms with Crippen molar-refractivity contribution in [3.8, 4) is 0 Å². The summed E-state index contributed by atoms with van der Waals surface area (Å²) in [7, 11) is 1.67. The first kappa shape index (κ1) is 12.5. The standard InChI is InChI=1S/C11H17ClN2O/c1-11(2,15-3)10(14-13)8-4-6-9(12)7-5-8/h4-7,10,14H,13H2,1-3H3. The Balaban J connectivity index is 2.97. The highest BCUT2D eigenvalue weighted by molar-refractivity contribution is 6.30. The van der Waals surface area contributed by atoms with Gasteiger partial charge in [0.05, 0.1) is 11.6 Å². The van der Waals surface area contributed by atoms with Crippen LogP contribution in [-0.2, 0) is 4.74 Å². The number of halogens is 1. The Kier molecular flexibility index (Phi) is 4.11. The molecule has 0 aliphatic carbocycles. The van der Waals surface area contributed by atoms with E-state index in [0.29, 0.717) is 5.02 Å². The van der Waals surface area contributed by atoms with Crippen molar-refractivity contribution in [2.75, 3.05) is 7.11 Å². The quantitative estimate of drug-likeness (QED) is 0.614. The Labute approximate surface area is 95.5 Å². The summed E-state index contributed by atoms with van der Waals surface area (Å²) < 4.78 is 5.40. The molecule has 0 aromatic heterocycles. The van der Waals surface area contributed by atoms with Gasteiger partial charge in [0.15, 0.2) is 0 Å². The first-order valence-corrected chi connectivity index (χ1v) is 5.16. The van der Waals surface area contributed by atoms with E-state index in [1.165, 1.54) is 0 Å². The molecule has 1 unspecified atom stereocenters. The van der Waals surface area contributed by atoms with E-state index in [2.05, 4.69) is 5.43 Å². The fraction of sp³-hybridized carbons (Fsp3) is 0.455. The fourth-order valence-corrected chi connectivity index (χ4v) is 1.60. The lowest BCUT2D eigenvalue weighted by Crippen LogP contribution is -2.43. The van der Waals surface area contributed by atoms with Crippen LogP contribution in [0, 0.1) is 0 Å². The zero-order valence-electron chi connectivity index (χ0n) is 9.25. The Bertz CT molecular complexity index is 311. The van der Waals surface area contributed by atoms with E-state index in [1.807, 2.05) is 38.1 Å². The lowest BCUT2D eigenvalue weighted by molar-refractivity contribution is -0.0111. The number of nitrogens with one attached hydrogen (secondary N) is 1. The lowest BCUT2D eigenvalue weighted by Gasteiger charge is -2.32. The highest BCUT2D eigenvalue weighted by Crippen LogP contribution is 2.28. The molecule has 0 spiro atoms. The highest BCUT2D eigenvalue weighted by Gasteiger charge is 2.29. The van der Waals surface area contributed by atoms with Crippen molar-refractivity contribution < 1.29 is 4.74 Å². The normalized spacial score (nSPS) is 13.9. The van der Waals surface area contributed by atoms with E-state index in [-0.39, 0.29) is 11.6 Å². The third kappa shape index (κ3) is 2.92. The number of rotatable bonds is 4. The van der Waals surface area contributed by atoms with Gasteiger partial charge >= 0.3 is 0 Å². The van der Waals surface area contributed by atoms with Gasteiger partial charge in [-0.1, -0.05) is 23.7 Å². The molecule has 1 aromatic carbocycles. The van der Waals surface area contributed by atoms with Crippen LogP contribution < -0.4 is 11.3 Å². The maximum Gasteiger partial charge on any atom is 0.0829 e. The number of hydrogen-bond acceptors (Lipinski definition) is 3. The largest absolute Gasteiger partial charge is 0.377 e. The fourth-order valence-electron chi connectivity index (χ4n) is 1.47. The van der Waals surface area contributed by atoms with Crippen molar-refractivity contribution in [1.82, 2.24) is 5.43 Å². The van der Waals surface area contributed by atoms with Crippen LogP contribution in [0.4, 0.5) is 0 Å². The molecule has 3 N–H and O–H groups in total. The summed E-state index contributed by atoms with van der Waals surface area (Å²) in [6.45, 7) is 3.96. The molecule has 15 heavy (non-hydrogen) atoms. The monoisotopic (exact) mass is 228 g/mol. The maximum absolute atomic E-state index is 5.82. The van der Waals surface area contributed by atoms with Gasteiger partial charge < -0.3 is 4.74 Å². The van der Waals surface area contributed by atoms with Crippen molar-refractivity contribution in [1.29, 1.82) is 0 Å². The van der Waals surface area contributed by atoms with Crippen LogP contribution in [0.2, 0.25) is 5.02 Å². The summed E-state index contributed by atoms with van der Waals surface area (Å²) in [5, 5.41) is 0.713. The smallest absolute Gasteiger partial charge is 0.0829 e. The van der Waals surface area contributed by atoms with Crippen molar-refractivity contribution in [3.05, 3.63) is 34.9 Å². The molecule has 0 aliphatic heterocycles. The second-order valence-electron chi connectivity index (χ2n) is 3.96. The minimum absolute atomic E-state index is 0.0697. The molecule has 0 radical (unpaired) electrons. The van der Waals surface area contributed by atoms with Crippen LogP contribution >= 0.6 is 11.6 Å². The second-order valence-corrected chi connectivity index (χ2v) is 4.40. The molecule has 0 bridgehead atoms. The molecule has 0 saturated carbocycles. The number of nitrogens with two attached hydrogens (primary N) is 1. The van der Waals surface area contributed by atoms with Crippen molar-refractivity contribution in [3.63, 3.8) is 0 Å². The summed E-state index contributed by atoms with van der Waals surface area (Å²) in [5.41, 5.74) is 3.44. The molecular formula is C11H17ClN2O. The Morgan fingerprint density at radius 3 is 2.27 bits per heavy atom. The molecule has 0 saturated heterocycles. The summed E-state index contributed by atoms with van der Waals surface area (Å²) in [6.07, 6.45) is 0. The first-order valence-electron chi connectivity index (χ1n) is 4.78. The van der Waals surface area contributed by atoms with E-state index < -0.39 is 0 Å². The van der Waals surface area contributed by atoms with Gasteiger partial charge in [0.2, 0.25) is 0 Å². The number of methoxy groups -OCH3 is 1. The van der Waals surface area contributed by atoms with Crippen LogP contribution in [0.15, 0.2) is 24.3 Å². The molecule has 0 fully saturated rings. The maximum atomic E-state index is 5.82. The van der Waals surface area contributed by atoms with E-state index in [1.54, 1.807) is 7.11 Å². The van der Waals surface area contributed by atoms with Gasteiger partial charge in [0.1, 0.15) is 0 Å². The summed E-state index contributed by atoms with van der Waals surface area (Å²) in [6, 6.07) is 7.49. The first-order chi connectivity index (χ1) is 7.01. The predicted molar refractivity (Wildman–Crippen MR) is 62.6 cm³/mol. The van der Waals surface area contributed by atoms with Gasteiger partial charge in [-0.15, -0.1) is 0 Å². The van der Waals surface area contributed by atoms with Gasteiger partial charge in [0, 0.05) is 12.1 Å². The number of ether oxygens (including phenoxy) is 1. The number of hydrazine groups is 1. The third-order valence-corrected chi connectivity index (χ3v) is 2.84. The van der Waals surface area contributed by atoms with Crippen molar-refractivity contribution in [2.45, 2.75) is 25.5 Å². The molecule has 3 nitrogen and oxygen atoms in total. The summed E-state index contributed by atoms with van der Waals surface area (Å²) >= 11 is 5.82. The Hall–Kier alpha value is -0.610. The van der Waals surface area contributed by atoms with Crippen LogP contribution in [0.5, 0.6) is 0 Å². The SMILES string of the molecule is COC(C)(C)C(NN)c1ccc(Cl)cc1. The molecular weight excluding hydrogens is 212 g/mol. The molecule has 0 heterocycles. The Morgan fingerprint density at radius 1 is 1.33 bits per heavy atom. The molecule has 0 amide bonds. The molecule has 1 aromatic rings. The zero-order chi connectivity index (χ0) is 11.5. The van der Waals surface area contributed by atoms with Crippen LogP contribution in [0.3, 0.4) is 0 Å². The topological polar surface area (TPSA) is 47.3 Å². The minimum atomic E-state index is -0.372. The van der Waals surface area contributed by atoms with Gasteiger partial charge in [-0.2, -0.15) is 0 Å². The van der Waals surface area contributed by atoms with Gasteiger partial charge in [-0.05, 0) is 31.5 Å². The van der Waals surface area contributed by atoms with E-state index in [0.717, 1.165) is 5.56 Å². The van der Waals surface area contributed by atoms with Crippen molar-refractivity contribution >= 4 is 11.6 Å². The number of benzene rings is 1. The second kappa shape index (κ2) is 4.94. The van der Waals surface area contributed by atoms with Crippen molar-refractivity contribution in [2.24, 2.45) is 5.84 Å². The van der Waals surface area contributed by atoms with Gasteiger partial charge in [-0.25, -0.2) is 0 Å². The van der Waals surface area contributed by atoms with Crippen LogP contribution in [-0.4, -0.2) is 12.7 Å².